The number of aryl methyl sites for hydroxylation is 1. The van der Waals surface area contributed by atoms with Gasteiger partial charge in [0.2, 0.25) is 5.91 Å². The molecule has 20 heavy (non-hydrogen) atoms. The third-order valence-corrected chi connectivity index (χ3v) is 3.55. The number of pyridine rings is 1. The molecule has 2 unspecified atom stereocenters. The number of carbonyl (C=O) groups is 2. The number of carboxylic acid groups (broad SMARTS) is 1. The number of nitrogens with zero attached hydrogens (tertiary/aromatic N) is 2. The Bertz CT molecular complexity index is 477. The van der Waals surface area contributed by atoms with Crippen molar-refractivity contribution in [1.82, 2.24) is 9.88 Å². The molecule has 0 radical (unpaired) electrons. The first kappa shape index (κ1) is 14.5. The first-order valence-corrected chi connectivity index (χ1v) is 6.55. The highest BCUT2D eigenvalue weighted by atomic mass is 16.5. The summed E-state index contributed by atoms with van der Waals surface area (Å²) in [5.74, 6) is -1.12. The number of likely N-dealkylation sites (tertiary alicyclic amines) is 1. The number of hydrogen-bond acceptors (Lipinski definition) is 4. The minimum Gasteiger partial charge on any atom is -0.480 e. The van der Waals surface area contributed by atoms with E-state index in [1.165, 1.54) is 12.0 Å². The average Bonchev–Trinajstić information content (AvgIpc) is 2.90. The van der Waals surface area contributed by atoms with E-state index in [0.29, 0.717) is 19.4 Å². The molecule has 0 bridgehead atoms. The summed E-state index contributed by atoms with van der Waals surface area (Å²) in [6, 6.07) is 2.94. The average molecular weight is 278 g/mol. The summed E-state index contributed by atoms with van der Waals surface area (Å²) in [6.45, 7) is 0.347. The Hall–Kier alpha value is -1.95. The normalized spacial score (nSPS) is 21.9. The van der Waals surface area contributed by atoms with Crippen LogP contribution >= 0.6 is 0 Å². The second kappa shape index (κ2) is 6.47. The zero-order chi connectivity index (χ0) is 14.5. The first-order valence-electron chi connectivity index (χ1n) is 6.55. The van der Waals surface area contributed by atoms with Crippen molar-refractivity contribution in [3.63, 3.8) is 0 Å². The predicted octanol–water partition coefficient (Wildman–Crippen LogP) is 0.715. The number of aromatic nitrogens is 1. The molecule has 1 aliphatic heterocycles. The van der Waals surface area contributed by atoms with Gasteiger partial charge < -0.3 is 14.7 Å². The summed E-state index contributed by atoms with van der Waals surface area (Å²) < 4.78 is 5.17. The van der Waals surface area contributed by atoms with Gasteiger partial charge in [0.05, 0.1) is 6.10 Å². The highest BCUT2D eigenvalue weighted by Gasteiger charge is 2.39. The maximum atomic E-state index is 12.2. The van der Waals surface area contributed by atoms with E-state index in [1.54, 1.807) is 12.4 Å². The van der Waals surface area contributed by atoms with Crippen molar-refractivity contribution in [3.05, 3.63) is 30.1 Å². The third-order valence-electron chi connectivity index (χ3n) is 3.55. The summed E-state index contributed by atoms with van der Waals surface area (Å²) >= 11 is 0. The number of ether oxygens (including phenoxy) is 1. The molecule has 0 aliphatic carbocycles. The zero-order valence-electron chi connectivity index (χ0n) is 11.4. The number of aliphatic carboxylic acids is 1. The summed E-state index contributed by atoms with van der Waals surface area (Å²) in [5.41, 5.74) is 0.968. The van der Waals surface area contributed by atoms with E-state index >= 15 is 0 Å². The van der Waals surface area contributed by atoms with E-state index in [-0.39, 0.29) is 18.4 Å². The molecular weight excluding hydrogens is 260 g/mol. The lowest BCUT2D eigenvalue weighted by Crippen LogP contribution is -2.40. The maximum absolute atomic E-state index is 12.2. The monoisotopic (exact) mass is 278 g/mol. The van der Waals surface area contributed by atoms with Crippen LogP contribution in [0, 0.1) is 0 Å². The molecule has 1 fully saturated rings. The van der Waals surface area contributed by atoms with Crippen LogP contribution in [0.4, 0.5) is 0 Å². The van der Waals surface area contributed by atoms with Crippen LogP contribution in [0.3, 0.4) is 0 Å². The predicted molar refractivity (Wildman–Crippen MR) is 71.1 cm³/mol. The minimum absolute atomic E-state index is 0.152. The molecule has 1 aromatic rings. The van der Waals surface area contributed by atoms with Gasteiger partial charge in [-0.05, 0) is 18.1 Å². The molecule has 1 aromatic heterocycles. The van der Waals surface area contributed by atoms with Crippen molar-refractivity contribution >= 4 is 11.9 Å². The van der Waals surface area contributed by atoms with Crippen LogP contribution in [0.5, 0.6) is 0 Å². The molecule has 2 atom stereocenters. The zero-order valence-corrected chi connectivity index (χ0v) is 11.4. The second-order valence-corrected chi connectivity index (χ2v) is 4.85. The number of carboxylic acids is 1. The molecule has 1 saturated heterocycles. The Kier molecular flexibility index (Phi) is 4.68. The fourth-order valence-electron chi connectivity index (χ4n) is 2.42. The van der Waals surface area contributed by atoms with E-state index < -0.39 is 12.0 Å². The van der Waals surface area contributed by atoms with Gasteiger partial charge in [0, 0.05) is 38.9 Å². The van der Waals surface area contributed by atoms with Crippen LogP contribution in [-0.2, 0) is 20.7 Å². The molecular formula is C14H18N2O4. The maximum Gasteiger partial charge on any atom is 0.326 e. The van der Waals surface area contributed by atoms with Crippen molar-refractivity contribution < 1.29 is 19.4 Å². The Labute approximate surface area is 117 Å². The van der Waals surface area contributed by atoms with Crippen molar-refractivity contribution in [1.29, 1.82) is 0 Å². The molecule has 6 nitrogen and oxygen atoms in total. The van der Waals surface area contributed by atoms with E-state index in [1.807, 2.05) is 12.1 Å². The van der Waals surface area contributed by atoms with Gasteiger partial charge in [0.15, 0.2) is 0 Å². The van der Waals surface area contributed by atoms with Crippen LogP contribution in [0.2, 0.25) is 0 Å². The third kappa shape index (κ3) is 3.33. The van der Waals surface area contributed by atoms with Crippen molar-refractivity contribution in [3.8, 4) is 0 Å². The largest absolute Gasteiger partial charge is 0.480 e. The van der Waals surface area contributed by atoms with Gasteiger partial charge in [-0.15, -0.1) is 0 Å². The molecule has 0 aromatic carbocycles. The van der Waals surface area contributed by atoms with Crippen LogP contribution in [0.25, 0.3) is 0 Å². The highest BCUT2D eigenvalue weighted by molar-refractivity contribution is 5.84. The lowest BCUT2D eigenvalue weighted by molar-refractivity contribution is -0.148. The van der Waals surface area contributed by atoms with Crippen LogP contribution < -0.4 is 0 Å². The fourth-order valence-corrected chi connectivity index (χ4v) is 2.42. The molecule has 1 amide bonds. The van der Waals surface area contributed by atoms with E-state index in [9.17, 15) is 14.7 Å². The molecule has 6 heteroatoms. The fraction of sp³-hybridized carbons (Fsp3) is 0.500. The van der Waals surface area contributed by atoms with Gasteiger partial charge in [-0.2, -0.15) is 0 Å². The number of rotatable bonds is 5. The SMILES string of the molecule is COC1CC(C(=O)O)N(C(=O)CCc2cccnc2)C1. The van der Waals surface area contributed by atoms with Crippen molar-refractivity contribution in [2.24, 2.45) is 0 Å². The van der Waals surface area contributed by atoms with Crippen molar-refractivity contribution in [2.45, 2.75) is 31.4 Å². The molecule has 2 heterocycles. The van der Waals surface area contributed by atoms with Crippen LogP contribution in [-0.4, -0.2) is 52.7 Å². The second-order valence-electron chi connectivity index (χ2n) is 4.85. The van der Waals surface area contributed by atoms with E-state index in [0.717, 1.165) is 5.56 Å². The Morgan fingerprint density at radius 2 is 2.35 bits per heavy atom. The van der Waals surface area contributed by atoms with E-state index in [2.05, 4.69) is 4.98 Å². The van der Waals surface area contributed by atoms with Gasteiger partial charge in [-0.25, -0.2) is 4.79 Å². The number of amides is 1. The number of methoxy groups -OCH3 is 1. The summed E-state index contributed by atoms with van der Waals surface area (Å²) in [4.78, 5) is 28.8. The Balaban J connectivity index is 1.95. The van der Waals surface area contributed by atoms with Gasteiger partial charge in [0.1, 0.15) is 6.04 Å². The molecule has 0 spiro atoms. The van der Waals surface area contributed by atoms with Gasteiger partial charge in [0.25, 0.3) is 0 Å². The van der Waals surface area contributed by atoms with Crippen LogP contribution in [0.1, 0.15) is 18.4 Å². The lowest BCUT2D eigenvalue weighted by Gasteiger charge is -2.21. The summed E-state index contributed by atoms with van der Waals surface area (Å²) in [6.07, 6.45) is 4.39. The van der Waals surface area contributed by atoms with E-state index in [4.69, 9.17) is 4.74 Å². The highest BCUT2D eigenvalue weighted by Crippen LogP contribution is 2.21. The number of carbonyl (C=O) groups excluding carboxylic acids is 1. The number of hydrogen-bond donors (Lipinski definition) is 1. The van der Waals surface area contributed by atoms with Gasteiger partial charge in [-0.1, -0.05) is 6.07 Å². The topological polar surface area (TPSA) is 79.7 Å². The molecule has 108 valence electrons. The molecule has 1 N–H and O–H groups in total. The molecule has 2 rings (SSSR count). The minimum atomic E-state index is -0.973. The first-order chi connectivity index (χ1) is 9.61. The molecule has 1 aliphatic rings. The van der Waals surface area contributed by atoms with Gasteiger partial charge in [-0.3, -0.25) is 9.78 Å². The summed E-state index contributed by atoms with van der Waals surface area (Å²) in [7, 11) is 1.53. The van der Waals surface area contributed by atoms with Gasteiger partial charge >= 0.3 is 5.97 Å². The van der Waals surface area contributed by atoms with Crippen LogP contribution in [0.15, 0.2) is 24.5 Å². The quantitative estimate of drug-likeness (QED) is 0.858. The van der Waals surface area contributed by atoms with Crippen molar-refractivity contribution in [2.75, 3.05) is 13.7 Å². The molecule has 0 saturated carbocycles. The smallest absolute Gasteiger partial charge is 0.326 e. The lowest BCUT2D eigenvalue weighted by atomic mass is 10.1. The Morgan fingerprint density at radius 3 is 2.95 bits per heavy atom. The standard InChI is InChI=1S/C14H18N2O4/c1-20-11-7-12(14(18)19)16(9-11)13(17)5-4-10-3-2-6-15-8-10/h2-3,6,8,11-12H,4-5,7,9H2,1H3,(H,18,19). The Morgan fingerprint density at radius 1 is 1.55 bits per heavy atom. The summed E-state index contributed by atoms with van der Waals surface area (Å²) in [5, 5.41) is 9.17.